The molecule has 1 unspecified atom stereocenters. The summed E-state index contributed by atoms with van der Waals surface area (Å²) < 4.78 is 4.72. The zero-order valence-electron chi connectivity index (χ0n) is 8.67. The van der Waals surface area contributed by atoms with Crippen LogP contribution in [0.15, 0.2) is 11.8 Å². The molecule has 1 heterocycles. The summed E-state index contributed by atoms with van der Waals surface area (Å²) >= 11 is 3.82. The Balaban J connectivity index is 2.70. The van der Waals surface area contributed by atoms with E-state index >= 15 is 0 Å². The second-order valence-electron chi connectivity index (χ2n) is 3.11. The SMILES string of the molecule is CCN1C(=O)C=C(OC(=O)C(N)CS)C1=O. The normalized spacial score (nSPS) is 17.4. The van der Waals surface area contributed by atoms with Gasteiger partial charge in [0.15, 0.2) is 0 Å². The number of ether oxygens (including phenoxy) is 1. The highest BCUT2D eigenvalue weighted by atomic mass is 32.1. The molecule has 2 N–H and O–H groups in total. The minimum atomic E-state index is -0.914. The lowest BCUT2D eigenvalue weighted by Gasteiger charge is -2.12. The van der Waals surface area contributed by atoms with E-state index in [4.69, 9.17) is 10.5 Å². The average molecular weight is 244 g/mol. The number of amides is 2. The molecule has 1 aliphatic heterocycles. The maximum absolute atomic E-state index is 11.5. The lowest BCUT2D eigenvalue weighted by molar-refractivity contribution is -0.147. The van der Waals surface area contributed by atoms with Crippen molar-refractivity contribution >= 4 is 30.4 Å². The topological polar surface area (TPSA) is 89.7 Å². The minimum absolute atomic E-state index is 0.103. The van der Waals surface area contributed by atoms with Crippen LogP contribution >= 0.6 is 12.6 Å². The molecule has 2 amide bonds. The molecule has 0 fully saturated rings. The van der Waals surface area contributed by atoms with Crippen LogP contribution in [0.3, 0.4) is 0 Å². The predicted octanol–water partition coefficient (Wildman–Crippen LogP) is -0.941. The molecule has 0 saturated heterocycles. The van der Waals surface area contributed by atoms with Gasteiger partial charge in [-0.25, -0.2) is 4.79 Å². The van der Waals surface area contributed by atoms with Gasteiger partial charge in [-0.1, -0.05) is 0 Å². The summed E-state index contributed by atoms with van der Waals surface area (Å²) in [6.45, 7) is 1.88. The van der Waals surface area contributed by atoms with E-state index in [1.165, 1.54) is 0 Å². The van der Waals surface area contributed by atoms with Crippen LogP contribution in [-0.2, 0) is 19.1 Å². The van der Waals surface area contributed by atoms with E-state index < -0.39 is 23.8 Å². The van der Waals surface area contributed by atoms with Crippen molar-refractivity contribution < 1.29 is 19.1 Å². The maximum Gasteiger partial charge on any atom is 0.329 e. The predicted molar refractivity (Wildman–Crippen MR) is 58.4 cm³/mol. The van der Waals surface area contributed by atoms with Crippen molar-refractivity contribution in [1.82, 2.24) is 4.90 Å². The van der Waals surface area contributed by atoms with Gasteiger partial charge >= 0.3 is 5.97 Å². The Bertz CT molecular complexity index is 367. The lowest BCUT2D eigenvalue weighted by Crippen LogP contribution is -2.36. The van der Waals surface area contributed by atoms with E-state index in [2.05, 4.69) is 12.6 Å². The molecule has 0 aliphatic carbocycles. The smallest absolute Gasteiger partial charge is 0.329 e. The van der Waals surface area contributed by atoms with Crippen LogP contribution in [0, 0.1) is 0 Å². The number of thiol groups is 1. The third-order valence-electron chi connectivity index (χ3n) is 2.00. The van der Waals surface area contributed by atoms with E-state index in [-0.39, 0.29) is 18.1 Å². The van der Waals surface area contributed by atoms with Crippen LogP contribution in [0.25, 0.3) is 0 Å². The number of esters is 1. The fourth-order valence-electron chi connectivity index (χ4n) is 1.12. The van der Waals surface area contributed by atoms with Gasteiger partial charge in [-0.3, -0.25) is 14.5 Å². The maximum atomic E-state index is 11.5. The third kappa shape index (κ3) is 2.42. The molecule has 0 spiro atoms. The van der Waals surface area contributed by atoms with Crippen molar-refractivity contribution in [3.63, 3.8) is 0 Å². The number of carbonyl (C=O) groups excluding carboxylic acids is 3. The Hall–Kier alpha value is -1.34. The lowest BCUT2D eigenvalue weighted by atomic mass is 10.4. The molecule has 16 heavy (non-hydrogen) atoms. The summed E-state index contributed by atoms with van der Waals surface area (Å²) in [6.07, 6.45) is 0.981. The van der Waals surface area contributed by atoms with E-state index in [0.717, 1.165) is 11.0 Å². The molecule has 0 aromatic rings. The fraction of sp³-hybridized carbons (Fsp3) is 0.444. The molecule has 1 atom stereocenters. The van der Waals surface area contributed by atoms with E-state index in [1.54, 1.807) is 6.92 Å². The highest BCUT2D eigenvalue weighted by molar-refractivity contribution is 7.80. The number of rotatable bonds is 4. The van der Waals surface area contributed by atoms with E-state index in [0.29, 0.717) is 0 Å². The van der Waals surface area contributed by atoms with Crippen LogP contribution in [0.2, 0.25) is 0 Å². The average Bonchev–Trinajstić information content (AvgIpc) is 2.52. The first-order valence-corrected chi connectivity index (χ1v) is 5.30. The summed E-state index contributed by atoms with van der Waals surface area (Å²) in [4.78, 5) is 35.0. The summed E-state index contributed by atoms with van der Waals surface area (Å²) in [7, 11) is 0. The van der Waals surface area contributed by atoms with Gasteiger partial charge in [-0.15, -0.1) is 0 Å². The van der Waals surface area contributed by atoms with Crippen LogP contribution in [-0.4, -0.2) is 41.0 Å². The number of carbonyl (C=O) groups is 3. The molecule has 88 valence electrons. The summed E-state index contributed by atoms with van der Waals surface area (Å²) in [5, 5.41) is 0. The molecule has 7 heteroatoms. The van der Waals surface area contributed by atoms with Crippen molar-refractivity contribution in [2.75, 3.05) is 12.3 Å². The minimum Gasteiger partial charge on any atom is -0.419 e. The van der Waals surface area contributed by atoms with Gasteiger partial charge in [-0.2, -0.15) is 12.6 Å². The van der Waals surface area contributed by atoms with Crippen LogP contribution in [0.1, 0.15) is 6.92 Å². The van der Waals surface area contributed by atoms with Gasteiger partial charge in [0, 0.05) is 12.3 Å². The monoisotopic (exact) mass is 244 g/mol. The number of likely N-dealkylation sites (N-methyl/N-ethyl adjacent to an activating group) is 1. The standard InChI is InChI=1S/C9H12N2O4S/c1-2-11-7(12)3-6(8(11)13)15-9(14)5(10)4-16/h3,5,16H,2,4,10H2,1H3. The van der Waals surface area contributed by atoms with Crippen molar-refractivity contribution in [1.29, 1.82) is 0 Å². The third-order valence-corrected chi connectivity index (χ3v) is 2.40. The highest BCUT2D eigenvalue weighted by Crippen LogP contribution is 2.14. The molecule has 0 aromatic carbocycles. The zero-order valence-corrected chi connectivity index (χ0v) is 9.57. The summed E-state index contributed by atoms with van der Waals surface area (Å²) in [5.74, 6) is -2.07. The molecular formula is C9H12N2O4S. The quantitative estimate of drug-likeness (QED) is 0.378. The molecule has 0 aromatic heterocycles. The van der Waals surface area contributed by atoms with Crippen LogP contribution in [0.5, 0.6) is 0 Å². The highest BCUT2D eigenvalue weighted by Gasteiger charge is 2.33. The van der Waals surface area contributed by atoms with Crippen LogP contribution in [0.4, 0.5) is 0 Å². The number of hydrogen-bond donors (Lipinski definition) is 2. The second kappa shape index (κ2) is 5.13. The first-order valence-electron chi connectivity index (χ1n) is 4.67. The molecule has 1 rings (SSSR count). The molecular weight excluding hydrogens is 232 g/mol. The Labute approximate surface area is 97.8 Å². The summed E-state index contributed by atoms with van der Waals surface area (Å²) in [6, 6.07) is -0.914. The van der Waals surface area contributed by atoms with Gasteiger partial charge in [0.05, 0.1) is 6.08 Å². The van der Waals surface area contributed by atoms with E-state index in [1.807, 2.05) is 0 Å². The number of hydrogen-bond acceptors (Lipinski definition) is 6. The van der Waals surface area contributed by atoms with Crippen molar-refractivity contribution in [3.05, 3.63) is 11.8 Å². The van der Waals surface area contributed by atoms with Gasteiger partial charge < -0.3 is 10.5 Å². The van der Waals surface area contributed by atoms with Gasteiger partial charge in [-0.05, 0) is 6.92 Å². The largest absolute Gasteiger partial charge is 0.419 e. The van der Waals surface area contributed by atoms with Crippen molar-refractivity contribution in [2.45, 2.75) is 13.0 Å². The Morgan fingerprint density at radius 3 is 2.69 bits per heavy atom. The molecule has 1 aliphatic rings. The first kappa shape index (κ1) is 12.7. The molecule has 6 nitrogen and oxygen atoms in total. The Morgan fingerprint density at radius 1 is 1.62 bits per heavy atom. The van der Waals surface area contributed by atoms with Crippen molar-refractivity contribution in [2.24, 2.45) is 5.73 Å². The fourth-order valence-corrected chi connectivity index (χ4v) is 1.27. The molecule has 0 bridgehead atoms. The Morgan fingerprint density at radius 2 is 2.25 bits per heavy atom. The first-order chi connectivity index (χ1) is 7.51. The van der Waals surface area contributed by atoms with Gasteiger partial charge in [0.1, 0.15) is 6.04 Å². The Kier molecular flexibility index (Phi) is 4.08. The summed E-state index contributed by atoms with van der Waals surface area (Å²) in [5.41, 5.74) is 5.35. The zero-order chi connectivity index (χ0) is 12.3. The molecule has 0 saturated carbocycles. The van der Waals surface area contributed by atoms with E-state index in [9.17, 15) is 14.4 Å². The van der Waals surface area contributed by atoms with Gasteiger partial charge in [0.2, 0.25) is 5.76 Å². The molecule has 0 radical (unpaired) electrons. The number of nitrogens with two attached hydrogens (primary N) is 1. The number of nitrogens with zero attached hydrogens (tertiary/aromatic N) is 1. The second-order valence-corrected chi connectivity index (χ2v) is 3.47. The van der Waals surface area contributed by atoms with Crippen LogP contribution < -0.4 is 5.73 Å². The number of imide groups is 1. The van der Waals surface area contributed by atoms with Gasteiger partial charge in [0.25, 0.3) is 11.8 Å². The van der Waals surface area contributed by atoms with Crippen molar-refractivity contribution in [3.8, 4) is 0 Å².